The van der Waals surface area contributed by atoms with Gasteiger partial charge >= 0.3 is 5.76 Å². The van der Waals surface area contributed by atoms with E-state index in [-0.39, 0.29) is 0 Å². The van der Waals surface area contributed by atoms with E-state index in [1.54, 1.807) is 36.4 Å². The maximum Gasteiger partial charge on any atom is 0.417 e. The first-order chi connectivity index (χ1) is 9.65. The van der Waals surface area contributed by atoms with Gasteiger partial charge in [0.15, 0.2) is 5.58 Å². The average molecular weight is 266 g/mol. The van der Waals surface area contributed by atoms with Crippen molar-refractivity contribution in [2.45, 2.75) is 0 Å². The highest BCUT2D eigenvalue weighted by Gasteiger charge is 2.04. The van der Waals surface area contributed by atoms with Gasteiger partial charge in [-0.3, -0.25) is 4.98 Å². The van der Waals surface area contributed by atoms with Gasteiger partial charge in [-0.1, -0.05) is 0 Å². The van der Waals surface area contributed by atoms with Crippen LogP contribution in [-0.4, -0.2) is 4.98 Å². The Bertz CT molecular complexity index is 886. The fourth-order valence-corrected chi connectivity index (χ4v) is 1.93. The molecule has 3 rings (SSSR count). The zero-order valence-corrected chi connectivity index (χ0v) is 10.3. The summed E-state index contributed by atoms with van der Waals surface area (Å²) in [5.74, 6) is -0.491. The molecule has 20 heavy (non-hydrogen) atoms. The van der Waals surface area contributed by atoms with Crippen LogP contribution in [0.4, 0.5) is 17.1 Å². The number of benzene rings is 2. The Morgan fingerprint density at radius 2 is 2.10 bits per heavy atom. The van der Waals surface area contributed by atoms with Crippen LogP contribution in [0.3, 0.4) is 0 Å². The Balaban J connectivity index is 1.96. The molecule has 1 heterocycles. The van der Waals surface area contributed by atoms with E-state index in [2.05, 4.69) is 10.3 Å². The standard InChI is InChI=1S/C14H10N4O2/c15-7-8-1-3-11(10(16)5-8)17-9-2-4-13-12(6-9)18-14(19)20-13/h1-6,17H,16H2,(H,18,19). The van der Waals surface area contributed by atoms with Crippen molar-refractivity contribution in [1.29, 1.82) is 5.26 Å². The van der Waals surface area contributed by atoms with Crippen LogP contribution in [0.2, 0.25) is 0 Å². The molecular formula is C14H10N4O2. The number of rotatable bonds is 2. The highest BCUT2D eigenvalue weighted by molar-refractivity contribution is 5.81. The fraction of sp³-hybridized carbons (Fsp3) is 0. The van der Waals surface area contributed by atoms with Gasteiger partial charge < -0.3 is 15.5 Å². The number of aromatic amines is 1. The Morgan fingerprint density at radius 3 is 2.85 bits per heavy atom. The van der Waals surface area contributed by atoms with Gasteiger partial charge in [-0.25, -0.2) is 4.79 Å². The number of nitrogen functional groups attached to an aromatic ring is 1. The molecule has 4 N–H and O–H groups in total. The number of hydrogen-bond acceptors (Lipinski definition) is 5. The van der Waals surface area contributed by atoms with Gasteiger partial charge in [-0.15, -0.1) is 0 Å². The highest BCUT2D eigenvalue weighted by Crippen LogP contribution is 2.25. The molecule has 0 atom stereocenters. The molecule has 0 radical (unpaired) electrons. The smallest absolute Gasteiger partial charge is 0.408 e. The molecule has 0 saturated heterocycles. The Kier molecular flexibility index (Phi) is 2.66. The molecule has 0 bridgehead atoms. The van der Waals surface area contributed by atoms with Gasteiger partial charge in [0.05, 0.1) is 28.5 Å². The first-order valence-corrected chi connectivity index (χ1v) is 5.85. The molecular weight excluding hydrogens is 256 g/mol. The van der Waals surface area contributed by atoms with E-state index in [9.17, 15) is 4.79 Å². The van der Waals surface area contributed by atoms with E-state index < -0.39 is 5.76 Å². The van der Waals surface area contributed by atoms with Crippen LogP contribution in [0.25, 0.3) is 11.1 Å². The third-order valence-corrected chi connectivity index (χ3v) is 2.88. The summed E-state index contributed by atoms with van der Waals surface area (Å²) in [4.78, 5) is 13.7. The predicted molar refractivity (Wildman–Crippen MR) is 75.7 cm³/mol. The van der Waals surface area contributed by atoms with E-state index in [4.69, 9.17) is 15.4 Å². The Morgan fingerprint density at radius 1 is 1.25 bits per heavy atom. The normalized spacial score (nSPS) is 10.3. The maximum atomic E-state index is 11.1. The lowest BCUT2D eigenvalue weighted by Crippen LogP contribution is -1.97. The third-order valence-electron chi connectivity index (χ3n) is 2.88. The summed E-state index contributed by atoms with van der Waals surface area (Å²) in [6.07, 6.45) is 0. The number of anilines is 3. The van der Waals surface area contributed by atoms with E-state index in [1.807, 2.05) is 6.07 Å². The van der Waals surface area contributed by atoms with Crippen LogP contribution in [0.1, 0.15) is 5.56 Å². The van der Waals surface area contributed by atoms with Crippen LogP contribution < -0.4 is 16.8 Å². The van der Waals surface area contributed by atoms with Crippen molar-refractivity contribution in [3.05, 3.63) is 52.5 Å². The number of nitrogens with zero attached hydrogens (tertiary/aromatic N) is 1. The molecule has 6 heteroatoms. The number of oxazole rings is 1. The number of nitriles is 1. The first kappa shape index (κ1) is 11.9. The third kappa shape index (κ3) is 2.08. The van der Waals surface area contributed by atoms with E-state index >= 15 is 0 Å². The summed E-state index contributed by atoms with van der Waals surface area (Å²) in [6.45, 7) is 0. The highest BCUT2D eigenvalue weighted by atomic mass is 16.4. The molecule has 0 aliphatic rings. The number of nitrogens with one attached hydrogen (secondary N) is 2. The number of aromatic nitrogens is 1. The van der Waals surface area contributed by atoms with Crippen molar-refractivity contribution in [1.82, 2.24) is 4.98 Å². The minimum atomic E-state index is -0.491. The van der Waals surface area contributed by atoms with Crippen LogP contribution >= 0.6 is 0 Å². The molecule has 0 aliphatic carbocycles. The molecule has 0 saturated carbocycles. The van der Waals surface area contributed by atoms with Crippen molar-refractivity contribution in [2.24, 2.45) is 0 Å². The van der Waals surface area contributed by atoms with Crippen LogP contribution in [0.15, 0.2) is 45.6 Å². The van der Waals surface area contributed by atoms with Crippen LogP contribution in [0.5, 0.6) is 0 Å². The van der Waals surface area contributed by atoms with Gasteiger partial charge in [0.25, 0.3) is 0 Å². The van der Waals surface area contributed by atoms with Crippen molar-refractivity contribution >= 4 is 28.2 Å². The monoisotopic (exact) mass is 266 g/mol. The predicted octanol–water partition coefficient (Wildman–Crippen LogP) is 2.32. The molecule has 3 aromatic rings. The fourth-order valence-electron chi connectivity index (χ4n) is 1.93. The van der Waals surface area contributed by atoms with Gasteiger partial charge in [0, 0.05) is 5.69 Å². The summed E-state index contributed by atoms with van der Waals surface area (Å²) in [7, 11) is 0. The van der Waals surface area contributed by atoms with Crippen molar-refractivity contribution < 1.29 is 4.42 Å². The van der Waals surface area contributed by atoms with Crippen LogP contribution in [-0.2, 0) is 0 Å². The lowest BCUT2D eigenvalue weighted by atomic mass is 10.2. The summed E-state index contributed by atoms with van der Waals surface area (Å²) in [5, 5.41) is 11.9. The van der Waals surface area contributed by atoms with Gasteiger partial charge in [0.1, 0.15) is 0 Å². The second-order valence-electron chi connectivity index (χ2n) is 4.26. The average Bonchev–Trinajstić information content (AvgIpc) is 2.80. The van der Waals surface area contributed by atoms with E-state index in [0.29, 0.717) is 28.0 Å². The maximum absolute atomic E-state index is 11.1. The van der Waals surface area contributed by atoms with Gasteiger partial charge in [-0.2, -0.15) is 5.26 Å². The second-order valence-corrected chi connectivity index (χ2v) is 4.26. The topological polar surface area (TPSA) is 108 Å². The largest absolute Gasteiger partial charge is 0.417 e. The van der Waals surface area contributed by atoms with Gasteiger partial charge in [-0.05, 0) is 36.4 Å². The van der Waals surface area contributed by atoms with Crippen molar-refractivity contribution in [3.8, 4) is 6.07 Å². The molecule has 0 spiro atoms. The molecule has 0 amide bonds. The molecule has 0 fully saturated rings. The molecule has 0 unspecified atom stereocenters. The molecule has 1 aromatic heterocycles. The number of fused-ring (bicyclic) bond motifs is 1. The quantitative estimate of drug-likeness (QED) is 0.617. The minimum Gasteiger partial charge on any atom is -0.408 e. The van der Waals surface area contributed by atoms with Crippen molar-refractivity contribution in [3.63, 3.8) is 0 Å². The summed E-state index contributed by atoms with van der Waals surface area (Å²) < 4.78 is 4.93. The van der Waals surface area contributed by atoms with Crippen molar-refractivity contribution in [2.75, 3.05) is 11.1 Å². The first-order valence-electron chi connectivity index (χ1n) is 5.85. The van der Waals surface area contributed by atoms with E-state index in [0.717, 1.165) is 5.69 Å². The minimum absolute atomic E-state index is 0.477. The lowest BCUT2D eigenvalue weighted by molar-refractivity contribution is 0.555. The zero-order chi connectivity index (χ0) is 14.1. The second kappa shape index (κ2) is 4.48. The SMILES string of the molecule is N#Cc1ccc(Nc2ccc3oc(=O)[nH]c3c2)c(N)c1. The Hall–Kier alpha value is -3.20. The number of H-pyrrole nitrogens is 1. The summed E-state index contributed by atoms with van der Waals surface area (Å²) in [6, 6.07) is 12.2. The number of nitrogens with two attached hydrogens (primary N) is 1. The molecule has 2 aromatic carbocycles. The van der Waals surface area contributed by atoms with Crippen LogP contribution in [0, 0.1) is 11.3 Å². The molecule has 98 valence electrons. The van der Waals surface area contributed by atoms with Gasteiger partial charge in [0.2, 0.25) is 0 Å². The summed E-state index contributed by atoms with van der Waals surface area (Å²) >= 11 is 0. The Labute approximate surface area is 113 Å². The molecule has 6 nitrogen and oxygen atoms in total. The molecule has 0 aliphatic heterocycles. The van der Waals surface area contributed by atoms with E-state index in [1.165, 1.54) is 0 Å². The zero-order valence-electron chi connectivity index (χ0n) is 10.3. The summed E-state index contributed by atoms with van der Waals surface area (Å²) in [5.41, 5.74) is 9.39. The number of hydrogen-bond donors (Lipinski definition) is 3. The lowest BCUT2D eigenvalue weighted by Gasteiger charge is -2.09.